The zero-order chi connectivity index (χ0) is 19.9. The van der Waals surface area contributed by atoms with E-state index in [0.717, 1.165) is 17.2 Å². The van der Waals surface area contributed by atoms with Gasteiger partial charge in [-0.3, -0.25) is 14.9 Å². The molecule has 1 amide bonds. The minimum Gasteiger partial charge on any atom is -0.487 e. The van der Waals surface area contributed by atoms with E-state index in [1.165, 1.54) is 18.2 Å². The van der Waals surface area contributed by atoms with Crippen molar-refractivity contribution < 1.29 is 14.5 Å². The molecule has 0 unspecified atom stereocenters. The number of anilines is 1. The van der Waals surface area contributed by atoms with Gasteiger partial charge >= 0.3 is 5.69 Å². The highest BCUT2D eigenvalue weighted by molar-refractivity contribution is 6.07. The van der Waals surface area contributed by atoms with Gasteiger partial charge in [0.1, 0.15) is 0 Å². The van der Waals surface area contributed by atoms with Crippen molar-refractivity contribution in [2.45, 2.75) is 13.3 Å². The first-order valence-corrected chi connectivity index (χ1v) is 8.96. The van der Waals surface area contributed by atoms with Crippen LogP contribution >= 0.6 is 0 Å². The summed E-state index contributed by atoms with van der Waals surface area (Å²) >= 11 is 0. The Bertz CT molecular complexity index is 1040. The number of ether oxygens (including phenoxy) is 1. The van der Waals surface area contributed by atoms with E-state index < -0.39 is 4.92 Å². The molecule has 0 aliphatic carbocycles. The first-order chi connectivity index (χ1) is 13.6. The van der Waals surface area contributed by atoms with Crippen molar-refractivity contribution in [2.24, 2.45) is 0 Å². The largest absolute Gasteiger partial charge is 0.487 e. The van der Waals surface area contributed by atoms with Gasteiger partial charge < -0.3 is 10.1 Å². The van der Waals surface area contributed by atoms with Crippen molar-refractivity contribution in [3.05, 3.63) is 82.4 Å². The quantitative estimate of drug-likeness (QED) is 0.349. The Hall–Kier alpha value is -3.67. The number of rotatable bonds is 7. The maximum Gasteiger partial charge on any atom is 0.311 e. The van der Waals surface area contributed by atoms with E-state index in [0.29, 0.717) is 17.9 Å². The number of hydrogen-bond donors (Lipinski definition) is 1. The Balaban J connectivity index is 1.76. The van der Waals surface area contributed by atoms with Gasteiger partial charge in [0.05, 0.1) is 11.5 Å². The van der Waals surface area contributed by atoms with Crippen molar-refractivity contribution in [2.75, 3.05) is 11.9 Å². The topological polar surface area (TPSA) is 81.5 Å². The van der Waals surface area contributed by atoms with Gasteiger partial charge in [0, 0.05) is 23.2 Å². The molecule has 28 heavy (non-hydrogen) atoms. The van der Waals surface area contributed by atoms with Crippen molar-refractivity contribution in [1.29, 1.82) is 0 Å². The van der Waals surface area contributed by atoms with Gasteiger partial charge in [-0.1, -0.05) is 49.4 Å². The van der Waals surface area contributed by atoms with E-state index in [1.807, 2.05) is 49.4 Å². The molecule has 1 N–H and O–H groups in total. The van der Waals surface area contributed by atoms with Crippen LogP contribution in [0.25, 0.3) is 16.8 Å². The minimum atomic E-state index is -0.488. The predicted octanol–water partition coefficient (Wildman–Crippen LogP) is 5.19. The summed E-state index contributed by atoms with van der Waals surface area (Å²) in [4.78, 5) is 23.1. The molecule has 0 spiro atoms. The van der Waals surface area contributed by atoms with Gasteiger partial charge in [0.25, 0.3) is 0 Å². The van der Waals surface area contributed by atoms with Crippen LogP contribution < -0.4 is 10.1 Å². The molecule has 0 bridgehead atoms. The molecule has 0 aliphatic heterocycles. The molecule has 142 valence electrons. The highest BCUT2D eigenvalue weighted by Crippen LogP contribution is 2.28. The average molecular weight is 376 g/mol. The first kappa shape index (κ1) is 19.1. The third kappa shape index (κ3) is 4.54. The highest BCUT2D eigenvalue weighted by Gasteiger charge is 2.15. The first-order valence-electron chi connectivity index (χ1n) is 8.96. The van der Waals surface area contributed by atoms with Crippen LogP contribution in [0.5, 0.6) is 5.75 Å². The fourth-order valence-electron chi connectivity index (χ4n) is 2.80. The maximum atomic E-state index is 12.3. The molecule has 3 aromatic carbocycles. The molecule has 6 nitrogen and oxygen atoms in total. The van der Waals surface area contributed by atoms with Crippen LogP contribution in [0.1, 0.15) is 18.9 Å². The zero-order valence-corrected chi connectivity index (χ0v) is 15.4. The van der Waals surface area contributed by atoms with Crippen LogP contribution in [0, 0.1) is 10.1 Å². The lowest BCUT2D eigenvalue weighted by Crippen LogP contribution is -2.08. The maximum absolute atomic E-state index is 12.3. The number of fused-ring (bicyclic) bond motifs is 1. The highest BCUT2D eigenvalue weighted by atomic mass is 16.6. The van der Waals surface area contributed by atoms with E-state index in [1.54, 1.807) is 12.1 Å². The van der Waals surface area contributed by atoms with Gasteiger partial charge in [-0.05, 0) is 35.6 Å². The standard InChI is InChI=1S/C22H20N2O4/c1-2-14-28-21-12-10-16(15-20(21)24(26)27)11-13-22(25)23-19-9-5-7-17-6-3-4-8-18(17)19/h3-13,15H,2,14H2,1H3,(H,23,25)/b13-11+. The van der Waals surface area contributed by atoms with Crippen LogP contribution in [-0.2, 0) is 4.79 Å². The SMILES string of the molecule is CCCOc1ccc(/C=C/C(=O)Nc2cccc3ccccc23)cc1[N+](=O)[O-]. The smallest absolute Gasteiger partial charge is 0.311 e. The second-order valence-corrected chi connectivity index (χ2v) is 6.18. The summed E-state index contributed by atoms with van der Waals surface area (Å²) in [6.45, 7) is 2.33. The summed E-state index contributed by atoms with van der Waals surface area (Å²) in [5.74, 6) is -0.0884. The second-order valence-electron chi connectivity index (χ2n) is 6.18. The van der Waals surface area contributed by atoms with Crippen LogP contribution in [0.2, 0.25) is 0 Å². The van der Waals surface area contributed by atoms with Crippen LogP contribution in [-0.4, -0.2) is 17.4 Å². The molecule has 0 fully saturated rings. The number of nitrogens with one attached hydrogen (secondary N) is 1. The van der Waals surface area contributed by atoms with E-state index in [4.69, 9.17) is 4.74 Å². The number of hydrogen-bond acceptors (Lipinski definition) is 4. The van der Waals surface area contributed by atoms with Crippen molar-refractivity contribution in [3.63, 3.8) is 0 Å². The molecular weight excluding hydrogens is 356 g/mol. The number of nitrogens with zero attached hydrogens (tertiary/aromatic N) is 1. The van der Waals surface area contributed by atoms with Crippen LogP contribution in [0.4, 0.5) is 11.4 Å². The zero-order valence-electron chi connectivity index (χ0n) is 15.4. The van der Waals surface area contributed by atoms with Crippen molar-refractivity contribution in [1.82, 2.24) is 0 Å². The third-order valence-electron chi connectivity index (χ3n) is 4.12. The lowest BCUT2D eigenvalue weighted by Gasteiger charge is -2.07. The molecule has 3 rings (SSSR count). The number of amides is 1. The van der Waals surface area contributed by atoms with Gasteiger partial charge in [-0.15, -0.1) is 0 Å². The second kappa shape index (κ2) is 8.81. The number of nitro groups is 1. The molecule has 0 radical (unpaired) electrons. The monoisotopic (exact) mass is 376 g/mol. The summed E-state index contributed by atoms with van der Waals surface area (Å²) in [7, 11) is 0. The Morgan fingerprint density at radius 2 is 1.93 bits per heavy atom. The lowest BCUT2D eigenvalue weighted by atomic mass is 10.1. The summed E-state index contributed by atoms with van der Waals surface area (Å²) in [6.07, 6.45) is 3.65. The fourth-order valence-corrected chi connectivity index (χ4v) is 2.80. The Labute approximate surface area is 162 Å². The van der Waals surface area contributed by atoms with Gasteiger partial charge in [0.2, 0.25) is 5.91 Å². The summed E-state index contributed by atoms with van der Waals surface area (Å²) in [5.41, 5.74) is 1.13. The number of carbonyl (C=O) groups is 1. The Kier molecular flexibility index (Phi) is 6.01. The molecule has 0 saturated carbocycles. The van der Waals surface area contributed by atoms with Crippen LogP contribution in [0.3, 0.4) is 0 Å². The lowest BCUT2D eigenvalue weighted by molar-refractivity contribution is -0.385. The molecule has 0 aromatic heterocycles. The summed E-state index contributed by atoms with van der Waals surface area (Å²) in [6, 6.07) is 18.1. The van der Waals surface area contributed by atoms with Crippen LogP contribution in [0.15, 0.2) is 66.7 Å². The summed E-state index contributed by atoms with van der Waals surface area (Å²) in [5, 5.41) is 16.1. The Morgan fingerprint density at radius 1 is 1.14 bits per heavy atom. The molecular formula is C22H20N2O4. The molecule has 0 atom stereocenters. The van der Waals surface area contributed by atoms with Crippen molar-refractivity contribution in [3.8, 4) is 5.75 Å². The number of benzene rings is 3. The van der Waals surface area contributed by atoms with E-state index in [2.05, 4.69) is 5.32 Å². The third-order valence-corrected chi connectivity index (χ3v) is 4.12. The molecule has 6 heteroatoms. The van der Waals surface area contributed by atoms with E-state index in [-0.39, 0.29) is 17.3 Å². The number of nitro benzene ring substituents is 1. The molecule has 0 saturated heterocycles. The molecule has 3 aromatic rings. The Morgan fingerprint density at radius 3 is 2.71 bits per heavy atom. The van der Waals surface area contributed by atoms with Crippen molar-refractivity contribution >= 4 is 34.1 Å². The molecule has 0 heterocycles. The average Bonchev–Trinajstić information content (AvgIpc) is 2.71. The van der Waals surface area contributed by atoms with Gasteiger partial charge in [-0.25, -0.2) is 0 Å². The molecule has 0 aliphatic rings. The van der Waals surface area contributed by atoms with Gasteiger partial charge in [0.15, 0.2) is 5.75 Å². The minimum absolute atomic E-state index is 0.120. The normalized spacial score (nSPS) is 10.9. The summed E-state index contributed by atoms with van der Waals surface area (Å²) < 4.78 is 5.40. The van der Waals surface area contributed by atoms with E-state index >= 15 is 0 Å². The number of carbonyl (C=O) groups excluding carboxylic acids is 1. The fraction of sp³-hybridized carbons (Fsp3) is 0.136. The van der Waals surface area contributed by atoms with Gasteiger partial charge in [-0.2, -0.15) is 0 Å². The van der Waals surface area contributed by atoms with E-state index in [9.17, 15) is 14.9 Å². The predicted molar refractivity (Wildman–Crippen MR) is 110 cm³/mol.